The predicted octanol–water partition coefficient (Wildman–Crippen LogP) is 2.45. The molecule has 3 saturated heterocycles. The number of hydrogen-bond donors (Lipinski definition) is 2. The van der Waals surface area contributed by atoms with Crippen molar-refractivity contribution < 1.29 is 29.0 Å². The summed E-state index contributed by atoms with van der Waals surface area (Å²) < 4.78 is 11.5. The molecule has 4 fully saturated rings. The normalized spacial score (nSPS) is 33.4. The number of aliphatic hydroxyl groups excluding tert-OH is 1. The number of rotatable bonds is 5. The minimum Gasteiger partial charge on any atom is -0.444 e. The highest BCUT2D eigenvalue weighted by atomic mass is 16.6. The summed E-state index contributed by atoms with van der Waals surface area (Å²) in [6.45, 7) is 7.36. The largest absolute Gasteiger partial charge is 0.444 e. The molecule has 0 aromatic rings. The first kappa shape index (κ1) is 26.2. The van der Waals surface area contributed by atoms with Gasteiger partial charge in [-0.25, -0.2) is 4.79 Å². The predicted molar refractivity (Wildman–Crippen MR) is 130 cm³/mol. The van der Waals surface area contributed by atoms with Crippen LogP contribution in [0.4, 0.5) is 4.79 Å². The summed E-state index contributed by atoms with van der Waals surface area (Å²) >= 11 is 0. The summed E-state index contributed by atoms with van der Waals surface area (Å²) in [6, 6.07) is -0.0329. The van der Waals surface area contributed by atoms with Gasteiger partial charge in [-0.2, -0.15) is 0 Å². The van der Waals surface area contributed by atoms with Crippen LogP contribution in [0.2, 0.25) is 0 Å². The lowest BCUT2D eigenvalue weighted by Gasteiger charge is -2.41. The number of carbonyl (C=O) groups is 3. The van der Waals surface area contributed by atoms with Crippen molar-refractivity contribution in [1.29, 1.82) is 0 Å². The number of nitrogens with zero attached hydrogens (tertiary/aromatic N) is 2. The van der Waals surface area contributed by atoms with Gasteiger partial charge in [0.05, 0.1) is 18.1 Å². The first-order valence-electron chi connectivity index (χ1n) is 13.5. The molecule has 0 aromatic heterocycles. The monoisotopic (exact) mass is 493 g/mol. The smallest absolute Gasteiger partial charge is 0.410 e. The van der Waals surface area contributed by atoms with E-state index in [-0.39, 0.29) is 61.1 Å². The molecule has 0 radical (unpaired) electrons. The lowest BCUT2D eigenvalue weighted by molar-refractivity contribution is -0.143. The Morgan fingerprint density at radius 2 is 1.80 bits per heavy atom. The molecular weight excluding hydrogens is 450 g/mol. The van der Waals surface area contributed by atoms with Crippen molar-refractivity contribution in [2.75, 3.05) is 26.3 Å². The van der Waals surface area contributed by atoms with Crippen LogP contribution in [0.15, 0.2) is 0 Å². The second-order valence-corrected chi connectivity index (χ2v) is 11.8. The molecule has 3 amide bonds. The zero-order valence-corrected chi connectivity index (χ0v) is 21.5. The number of ether oxygens (including phenoxy) is 2. The van der Waals surface area contributed by atoms with Crippen LogP contribution < -0.4 is 5.32 Å². The highest BCUT2D eigenvalue weighted by Gasteiger charge is 2.45. The van der Waals surface area contributed by atoms with E-state index in [1.165, 1.54) is 0 Å². The summed E-state index contributed by atoms with van der Waals surface area (Å²) in [5.41, 5.74) is -0.576. The number of carbonyl (C=O) groups excluding carboxylic acids is 3. The van der Waals surface area contributed by atoms with E-state index in [9.17, 15) is 19.5 Å². The standard InChI is InChI=1S/C26H43N3O6/c1-26(2,3)35-25(33)28-11-4-5-20(28)14-23(31)29-15-18(13-22-21(29)10-12-34-22)24(32)27-19-8-6-17(16-30)7-9-19/h17-22,30H,4-16H2,1-3H3,(H,27,32). The molecule has 198 valence electrons. The zero-order valence-electron chi connectivity index (χ0n) is 21.5. The molecule has 9 nitrogen and oxygen atoms in total. The minimum atomic E-state index is -0.576. The molecule has 4 rings (SSSR count). The molecule has 0 spiro atoms. The Hall–Kier alpha value is -1.87. The molecule has 1 saturated carbocycles. The van der Waals surface area contributed by atoms with Crippen molar-refractivity contribution in [1.82, 2.24) is 15.1 Å². The van der Waals surface area contributed by atoms with Crippen molar-refractivity contribution in [3.05, 3.63) is 0 Å². The number of piperidine rings is 1. The fourth-order valence-electron chi connectivity index (χ4n) is 6.16. The van der Waals surface area contributed by atoms with Gasteiger partial charge in [-0.3, -0.25) is 9.59 Å². The maximum atomic E-state index is 13.5. The lowest BCUT2D eigenvalue weighted by atomic mass is 9.85. The van der Waals surface area contributed by atoms with E-state index in [4.69, 9.17) is 9.47 Å². The molecule has 4 unspecified atom stereocenters. The Morgan fingerprint density at radius 3 is 2.49 bits per heavy atom. The molecule has 3 heterocycles. The van der Waals surface area contributed by atoms with Gasteiger partial charge in [0.25, 0.3) is 0 Å². The first-order valence-corrected chi connectivity index (χ1v) is 13.5. The van der Waals surface area contributed by atoms with Crippen molar-refractivity contribution >= 4 is 17.9 Å². The van der Waals surface area contributed by atoms with Crippen LogP contribution in [0.3, 0.4) is 0 Å². The third kappa shape index (κ3) is 6.47. The SMILES string of the molecule is CC(C)(C)OC(=O)N1CCCC1CC(=O)N1CC(C(=O)NC2CCC(CO)CC2)CC2OCCC21. The molecule has 1 aliphatic carbocycles. The maximum Gasteiger partial charge on any atom is 0.410 e. The van der Waals surface area contributed by atoms with Gasteiger partial charge >= 0.3 is 6.09 Å². The number of hydrogen-bond acceptors (Lipinski definition) is 6. The summed E-state index contributed by atoms with van der Waals surface area (Å²) in [6.07, 6.45) is 6.48. The van der Waals surface area contributed by atoms with Crippen molar-refractivity contribution in [3.8, 4) is 0 Å². The van der Waals surface area contributed by atoms with Gasteiger partial charge in [0.15, 0.2) is 0 Å². The summed E-state index contributed by atoms with van der Waals surface area (Å²) in [5.74, 6) is 0.0428. The van der Waals surface area contributed by atoms with Gasteiger partial charge in [0.1, 0.15) is 5.60 Å². The van der Waals surface area contributed by atoms with Gasteiger partial charge in [-0.05, 0) is 78.1 Å². The Kier molecular flexibility index (Phi) is 8.26. The van der Waals surface area contributed by atoms with E-state index >= 15 is 0 Å². The highest BCUT2D eigenvalue weighted by Crippen LogP contribution is 2.34. The number of amides is 3. The fourth-order valence-corrected chi connectivity index (χ4v) is 6.16. The topological polar surface area (TPSA) is 108 Å². The summed E-state index contributed by atoms with van der Waals surface area (Å²) in [5, 5.41) is 12.6. The molecule has 9 heteroatoms. The number of aliphatic hydroxyl groups is 1. The van der Waals surface area contributed by atoms with Gasteiger partial charge < -0.3 is 29.7 Å². The molecule has 4 atom stereocenters. The van der Waals surface area contributed by atoms with Crippen LogP contribution in [0.1, 0.15) is 78.6 Å². The van der Waals surface area contributed by atoms with Crippen LogP contribution in [0.25, 0.3) is 0 Å². The summed E-state index contributed by atoms with van der Waals surface area (Å²) in [7, 11) is 0. The second-order valence-electron chi connectivity index (χ2n) is 11.8. The Labute approximate surface area is 208 Å². The molecule has 4 aliphatic rings. The zero-order chi connectivity index (χ0) is 25.2. The van der Waals surface area contributed by atoms with Crippen molar-refractivity contribution in [3.63, 3.8) is 0 Å². The minimum absolute atomic E-state index is 0.000413. The molecule has 3 aliphatic heterocycles. The third-order valence-electron chi connectivity index (χ3n) is 8.07. The van der Waals surface area contributed by atoms with Crippen molar-refractivity contribution in [2.24, 2.45) is 11.8 Å². The average Bonchev–Trinajstić information content (AvgIpc) is 3.47. The van der Waals surface area contributed by atoms with E-state index in [2.05, 4.69) is 5.32 Å². The van der Waals surface area contributed by atoms with Crippen LogP contribution in [0, 0.1) is 11.8 Å². The van der Waals surface area contributed by atoms with Crippen LogP contribution in [-0.2, 0) is 19.1 Å². The average molecular weight is 494 g/mol. The van der Waals surface area contributed by atoms with E-state index in [1.807, 2.05) is 25.7 Å². The lowest BCUT2D eigenvalue weighted by Crippen LogP contribution is -2.56. The van der Waals surface area contributed by atoms with E-state index < -0.39 is 5.60 Å². The molecular formula is C26H43N3O6. The number of likely N-dealkylation sites (tertiary alicyclic amines) is 2. The van der Waals surface area contributed by atoms with Crippen LogP contribution in [0.5, 0.6) is 0 Å². The van der Waals surface area contributed by atoms with Crippen molar-refractivity contribution in [2.45, 2.75) is 108 Å². The van der Waals surface area contributed by atoms with E-state index in [1.54, 1.807) is 4.90 Å². The number of fused-ring (bicyclic) bond motifs is 1. The van der Waals surface area contributed by atoms with Gasteiger partial charge in [0, 0.05) is 44.8 Å². The van der Waals surface area contributed by atoms with Gasteiger partial charge in [-0.1, -0.05) is 0 Å². The van der Waals surface area contributed by atoms with Crippen LogP contribution >= 0.6 is 0 Å². The quantitative estimate of drug-likeness (QED) is 0.609. The van der Waals surface area contributed by atoms with Crippen LogP contribution in [-0.4, -0.2) is 88.9 Å². The van der Waals surface area contributed by atoms with E-state index in [0.29, 0.717) is 32.0 Å². The first-order chi connectivity index (χ1) is 16.6. The maximum absolute atomic E-state index is 13.5. The van der Waals surface area contributed by atoms with Gasteiger partial charge in [-0.15, -0.1) is 0 Å². The highest BCUT2D eigenvalue weighted by molar-refractivity contribution is 5.82. The van der Waals surface area contributed by atoms with E-state index in [0.717, 1.165) is 44.9 Å². The Balaban J connectivity index is 1.36. The third-order valence-corrected chi connectivity index (χ3v) is 8.07. The second kappa shape index (κ2) is 11.0. The summed E-state index contributed by atoms with van der Waals surface area (Å²) in [4.78, 5) is 42.9. The Bertz CT molecular complexity index is 776. The molecule has 35 heavy (non-hydrogen) atoms. The number of nitrogens with one attached hydrogen (secondary N) is 1. The Morgan fingerprint density at radius 1 is 1.06 bits per heavy atom. The van der Waals surface area contributed by atoms with Gasteiger partial charge in [0.2, 0.25) is 11.8 Å². The molecule has 2 N–H and O–H groups in total. The molecule has 0 bridgehead atoms. The molecule has 0 aromatic carbocycles. The fraction of sp³-hybridized carbons (Fsp3) is 0.885.